The largest absolute Gasteiger partial charge is 0.525 e. The molecule has 0 aliphatic carbocycles. The fourth-order valence-corrected chi connectivity index (χ4v) is 2.57. The Morgan fingerprint density at radius 2 is 1.89 bits per heavy atom. The van der Waals surface area contributed by atoms with Crippen molar-refractivity contribution >= 4 is 12.7 Å². The van der Waals surface area contributed by atoms with Crippen molar-refractivity contribution in [3.05, 3.63) is 29.7 Å². The Morgan fingerprint density at radius 3 is 2.53 bits per heavy atom. The van der Waals surface area contributed by atoms with Gasteiger partial charge in [-0.15, -0.1) is 0 Å². The standard InChI is InChI=1S/C14H19BFNO2/c1-13(2)14(3,4)19-15(18-13)12(16)10-7-9-17-8-5-6-11(10)17/h5-6,8H,7,9H2,1-4H3. The molecule has 5 heteroatoms. The monoisotopic (exact) mass is 263 g/mol. The molecule has 3 rings (SSSR count). The minimum absolute atomic E-state index is 0.281. The van der Waals surface area contributed by atoms with Gasteiger partial charge in [-0.2, -0.15) is 0 Å². The van der Waals surface area contributed by atoms with Gasteiger partial charge in [0.25, 0.3) is 0 Å². The summed E-state index contributed by atoms with van der Waals surface area (Å²) in [4.78, 5) is 0. The van der Waals surface area contributed by atoms with E-state index < -0.39 is 18.3 Å². The molecule has 2 aliphatic rings. The van der Waals surface area contributed by atoms with Crippen molar-refractivity contribution < 1.29 is 13.7 Å². The van der Waals surface area contributed by atoms with Crippen molar-refractivity contribution in [3.8, 4) is 0 Å². The van der Waals surface area contributed by atoms with Crippen LogP contribution in [0, 0.1) is 0 Å². The summed E-state index contributed by atoms with van der Waals surface area (Å²) >= 11 is 0. The van der Waals surface area contributed by atoms with E-state index in [-0.39, 0.29) is 5.73 Å². The molecule has 3 nitrogen and oxygen atoms in total. The van der Waals surface area contributed by atoms with Crippen LogP contribution in [-0.4, -0.2) is 22.9 Å². The predicted octanol–water partition coefficient (Wildman–Crippen LogP) is 3.20. The quantitative estimate of drug-likeness (QED) is 0.726. The summed E-state index contributed by atoms with van der Waals surface area (Å²) in [6, 6.07) is 3.87. The molecular formula is C14H19BFNO2. The van der Waals surface area contributed by atoms with E-state index in [9.17, 15) is 4.39 Å². The number of allylic oxidation sites excluding steroid dienone is 1. The average molecular weight is 263 g/mol. The molecule has 0 N–H and O–H groups in total. The number of hydrogen-bond donors (Lipinski definition) is 0. The first-order valence-electron chi connectivity index (χ1n) is 6.71. The molecule has 0 radical (unpaired) electrons. The van der Waals surface area contributed by atoms with Gasteiger partial charge in [0.2, 0.25) is 0 Å². The first-order chi connectivity index (χ1) is 8.82. The first kappa shape index (κ1) is 12.9. The topological polar surface area (TPSA) is 23.4 Å². The van der Waals surface area contributed by atoms with Gasteiger partial charge < -0.3 is 13.9 Å². The number of aryl methyl sites for hydroxylation is 1. The number of nitrogens with zero attached hydrogens (tertiary/aromatic N) is 1. The molecule has 0 aromatic carbocycles. The minimum Gasteiger partial charge on any atom is -0.398 e. The molecule has 0 saturated carbocycles. The van der Waals surface area contributed by atoms with Crippen LogP contribution in [-0.2, 0) is 15.9 Å². The second kappa shape index (κ2) is 3.96. The normalized spacial score (nSPS) is 26.7. The fourth-order valence-electron chi connectivity index (χ4n) is 2.57. The van der Waals surface area contributed by atoms with Crippen LogP contribution in [0.25, 0.3) is 5.57 Å². The van der Waals surface area contributed by atoms with Crippen LogP contribution >= 0.6 is 0 Å². The number of hydrogen-bond acceptors (Lipinski definition) is 2. The van der Waals surface area contributed by atoms with Crippen molar-refractivity contribution in [1.29, 1.82) is 0 Å². The van der Waals surface area contributed by atoms with E-state index in [0.717, 1.165) is 12.2 Å². The van der Waals surface area contributed by atoms with Crippen LogP contribution in [0.4, 0.5) is 4.39 Å². The molecule has 19 heavy (non-hydrogen) atoms. The van der Waals surface area contributed by atoms with Crippen molar-refractivity contribution in [1.82, 2.24) is 4.57 Å². The first-order valence-corrected chi connectivity index (χ1v) is 6.71. The van der Waals surface area contributed by atoms with Gasteiger partial charge in [0.15, 0.2) is 0 Å². The lowest BCUT2D eigenvalue weighted by Gasteiger charge is -2.32. The molecular weight excluding hydrogens is 244 g/mol. The third kappa shape index (κ3) is 1.87. The number of fused-ring (bicyclic) bond motifs is 1. The summed E-state index contributed by atoms with van der Waals surface area (Å²) in [5.74, 6) is 0. The molecule has 0 unspecified atom stereocenters. The van der Waals surface area contributed by atoms with Gasteiger partial charge in [0.1, 0.15) is 5.73 Å². The summed E-state index contributed by atoms with van der Waals surface area (Å²) in [6.07, 6.45) is 2.67. The molecule has 0 spiro atoms. The Hall–Kier alpha value is -1.07. The zero-order valence-electron chi connectivity index (χ0n) is 11.9. The van der Waals surface area contributed by atoms with Gasteiger partial charge in [-0.25, -0.2) is 4.39 Å². The van der Waals surface area contributed by atoms with E-state index in [4.69, 9.17) is 9.31 Å². The van der Waals surface area contributed by atoms with Crippen molar-refractivity contribution in [3.63, 3.8) is 0 Å². The third-order valence-electron chi connectivity index (χ3n) is 4.49. The maximum Gasteiger partial charge on any atom is 0.525 e. The lowest BCUT2D eigenvalue weighted by Crippen LogP contribution is -2.41. The average Bonchev–Trinajstić information content (AvgIpc) is 2.91. The fraction of sp³-hybridized carbons (Fsp3) is 0.571. The van der Waals surface area contributed by atoms with Gasteiger partial charge >= 0.3 is 7.12 Å². The highest BCUT2D eigenvalue weighted by Gasteiger charge is 2.53. The van der Waals surface area contributed by atoms with Crippen molar-refractivity contribution in [2.45, 2.75) is 51.9 Å². The number of aromatic nitrogens is 1. The maximum atomic E-state index is 14.7. The van der Waals surface area contributed by atoms with Gasteiger partial charge in [-0.1, -0.05) is 0 Å². The molecule has 0 amide bonds. The Bertz CT molecular complexity index is 531. The smallest absolute Gasteiger partial charge is 0.398 e. The SMILES string of the molecule is CC1(C)OB(C(F)=C2CCn3cccc32)OC1(C)C. The van der Waals surface area contributed by atoms with E-state index in [1.807, 2.05) is 46.0 Å². The van der Waals surface area contributed by atoms with E-state index >= 15 is 0 Å². The van der Waals surface area contributed by atoms with Crippen molar-refractivity contribution in [2.24, 2.45) is 0 Å². The van der Waals surface area contributed by atoms with Crippen LogP contribution in [0.3, 0.4) is 0 Å². The zero-order chi connectivity index (χ0) is 13.8. The number of halogens is 1. The third-order valence-corrected chi connectivity index (χ3v) is 4.49. The minimum atomic E-state index is -0.888. The van der Waals surface area contributed by atoms with Crippen molar-refractivity contribution in [2.75, 3.05) is 0 Å². The Balaban J connectivity index is 1.93. The Labute approximate surface area is 113 Å². The highest BCUT2D eigenvalue weighted by molar-refractivity contribution is 6.55. The zero-order valence-corrected chi connectivity index (χ0v) is 11.9. The van der Waals surface area contributed by atoms with Gasteiger partial charge in [-0.3, -0.25) is 0 Å². The highest BCUT2D eigenvalue weighted by Crippen LogP contribution is 2.41. The molecule has 1 aromatic rings. The van der Waals surface area contributed by atoms with E-state index in [2.05, 4.69) is 4.57 Å². The van der Waals surface area contributed by atoms with Crippen LogP contribution in [0.2, 0.25) is 0 Å². The molecule has 2 aliphatic heterocycles. The van der Waals surface area contributed by atoms with Crippen LogP contribution in [0.5, 0.6) is 0 Å². The molecule has 1 aromatic heterocycles. The Morgan fingerprint density at radius 1 is 1.26 bits per heavy atom. The maximum absolute atomic E-state index is 14.7. The van der Waals surface area contributed by atoms with Crippen LogP contribution in [0.15, 0.2) is 24.1 Å². The predicted molar refractivity (Wildman–Crippen MR) is 73.2 cm³/mol. The molecule has 0 atom stereocenters. The summed E-state index contributed by atoms with van der Waals surface area (Å²) in [6.45, 7) is 8.56. The highest BCUT2D eigenvalue weighted by atomic mass is 19.1. The van der Waals surface area contributed by atoms with Gasteiger partial charge in [-0.05, 0) is 46.2 Å². The summed E-state index contributed by atoms with van der Waals surface area (Å²) in [5, 5.41) is 0. The molecule has 102 valence electrons. The lowest BCUT2D eigenvalue weighted by molar-refractivity contribution is 0.00578. The second-order valence-corrected chi connectivity index (χ2v) is 6.25. The molecule has 3 heterocycles. The molecule has 1 saturated heterocycles. The second-order valence-electron chi connectivity index (χ2n) is 6.25. The Kier molecular flexibility index (Phi) is 2.70. The summed E-state index contributed by atoms with van der Waals surface area (Å²) in [5.41, 5.74) is 0.360. The summed E-state index contributed by atoms with van der Waals surface area (Å²) in [7, 11) is -0.888. The lowest BCUT2D eigenvalue weighted by atomic mass is 9.83. The molecule has 0 bridgehead atoms. The summed E-state index contributed by atoms with van der Waals surface area (Å²) < 4.78 is 28.3. The van der Waals surface area contributed by atoms with Crippen LogP contribution < -0.4 is 0 Å². The van der Waals surface area contributed by atoms with Gasteiger partial charge in [0, 0.05) is 24.0 Å². The number of rotatable bonds is 1. The van der Waals surface area contributed by atoms with E-state index in [0.29, 0.717) is 12.0 Å². The van der Waals surface area contributed by atoms with Crippen LogP contribution in [0.1, 0.15) is 39.8 Å². The van der Waals surface area contributed by atoms with Gasteiger partial charge in [0.05, 0.1) is 11.2 Å². The molecule has 1 fully saturated rings. The van der Waals surface area contributed by atoms with E-state index in [1.54, 1.807) is 0 Å². The van der Waals surface area contributed by atoms with E-state index in [1.165, 1.54) is 0 Å².